The summed E-state index contributed by atoms with van der Waals surface area (Å²) in [6, 6.07) is 2.52. The Morgan fingerprint density at radius 1 is 1.24 bits per heavy atom. The summed E-state index contributed by atoms with van der Waals surface area (Å²) in [6.07, 6.45) is 5.35. The Labute approximate surface area is 263 Å². The lowest BCUT2D eigenvalue weighted by atomic mass is 10.0. The number of likely N-dealkylation sites (tertiary alicyclic amines) is 1. The van der Waals surface area contributed by atoms with Gasteiger partial charge >= 0.3 is 5.97 Å². The van der Waals surface area contributed by atoms with E-state index in [0.717, 1.165) is 21.8 Å². The number of hydrogen-bond donors (Lipinski definition) is 6. The summed E-state index contributed by atoms with van der Waals surface area (Å²) in [5.74, 6) is -3.19. The fourth-order valence-corrected chi connectivity index (χ4v) is 6.92. The fraction of sp³-hybridized carbons (Fsp3) is 0.333. The van der Waals surface area contributed by atoms with E-state index in [2.05, 4.69) is 20.8 Å². The lowest BCUT2D eigenvalue weighted by molar-refractivity contribution is -0.684. The molecule has 0 saturated carbocycles. The Hall–Kier alpha value is -4.81. The summed E-state index contributed by atoms with van der Waals surface area (Å²) in [7, 11) is 0. The number of oxime groups is 1. The number of nitrogen functional groups attached to an aromatic ring is 1. The van der Waals surface area contributed by atoms with Gasteiger partial charge in [-0.1, -0.05) is 5.16 Å². The molecule has 5 heterocycles. The number of nitrogens with zero attached hydrogens (tertiary/aromatic N) is 5. The van der Waals surface area contributed by atoms with Crippen LogP contribution in [0.4, 0.5) is 5.13 Å². The summed E-state index contributed by atoms with van der Waals surface area (Å²) >= 11 is 2.27. The van der Waals surface area contributed by atoms with Gasteiger partial charge in [-0.15, -0.1) is 23.1 Å². The topological polar surface area (TPSA) is 232 Å². The number of carboxylic acids is 1. The molecule has 45 heavy (non-hydrogen) atoms. The van der Waals surface area contributed by atoms with Crippen LogP contribution in [0.2, 0.25) is 0 Å². The second kappa shape index (κ2) is 13.4. The first kappa shape index (κ1) is 31.6. The van der Waals surface area contributed by atoms with Gasteiger partial charge in [-0.25, -0.2) is 9.78 Å². The van der Waals surface area contributed by atoms with Gasteiger partial charge < -0.3 is 36.7 Å². The average molecular weight is 658 g/mol. The number of aliphatic hydroxyl groups is 1. The quantitative estimate of drug-likeness (QED) is 0.0402. The van der Waals surface area contributed by atoms with Gasteiger partial charge in [-0.05, 0) is 23.6 Å². The zero-order valence-corrected chi connectivity index (χ0v) is 25.2. The molecule has 0 aromatic carbocycles. The molecule has 0 bridgehead atoms. The molecule has 2 saturated heterocycles. The number of hydrogen-bond acceptors (Lipinski definition) is 12. The molecular weight excluding hydrogens is 628 g/mol. The Kier molecular flexibility index (Phi) is 9.45. The molecule has 3 aliphatic rings. The van der Waals surface area contributed by atoms with Crippen molar-refractivity contribution in [3.05, 3.63) is 64.1 Å². The third kappa shape index (κ3) is 6.66. The third-order valence-corrected chi connectivity index (χ3v) is 9.20. The molecule has 7 N–H and O–H groups in total. The van der Waals surface area contributed by atoms with E-state index in [-0.39, 0.29) is 53.8 Å². The number of nitrogens with two attached hydrogens (primary N) is 1. The molecule has 3 aliphatic heterocycles. The predicted octanol–water partition coefficient (Wildman–Crippen LogP) is -1.60. The third-order valence-electron chi connectivity index (χ3n) is 7.22. The van der Waals surface area contributed by atoms with Crippen LogP contribution in [0.15, 0.2) is 58.0 Å². The number of aliphatic carboxylic acids is 1. The van der Waals surface area contributed by atoms with Gasteiger partial charge in [0.2, 0.25) is 12.5 Å². The maximum atomic E-state index is 13.2. The molecule has 0 radical (unpaired) electrons. The van der Waals surface area contributed by atoms with Crippen LogP contribution in [0.1, 0.15) is 17.7 Å². The van der Waals surface area contributed by atoms with Crippen molar-refractivity contribution in [3.8, 4) is 0 Å². The van der Waals surface area contributed by atoms with Crippen LogP contribution >= 0.6 is 23.1 Å². The number of amides is 4. The van der Waals surface area contributed by atoms with E-state index in [1.165, 1.54) is 23.2 Å². The molecule has 2 aromatic heterocycles. The molecule has 2 aromatic rings. The van der Waals surface area contributed by atoms with Crippen LogP contribution in [0.5, 0.6) is 0 Å². The normalized spacial score (nSPS) is 20.7. The van der Waals surface area contributed by atoms with Gasteiger partial charge in [0, 0.05) is 48.5 Å². The molecular formula is C27H29N8O8S2+. The first-order chi connectivity index (χ1) is 21.6. The van der Waals surface area contributed by atoms with Crippen LogP contribution in [0, 0.1) is 0 Å². The first-order valence-corrected chi connectivity index (χ1v) is 15.5. The summed E-state index contributed by atoms with van der Waals surface area (Å²) in [5, 5.41) is 37.1. The summed E-state index contributed by atoms with van der Waals surface area (Å²) in [5.41, 5.74) is 6.48. The molecule has 18 heteroatoms. The van der Waals surface area contributed by atoms with Gasteiger partial charge in [0.1, 0.15) is 22.8 Å². The molecule has 0 spiro atoms. The number of nitrogens with one attached hydrogen (secondary N) is 2. The molecule has 5 rings (SSSR count). The molecule has 4 amide bonds. The number of aliphatic hydroxyl groups excluding tert-OH is 1. The number of allylic oxidation sites excluding steroid dienone is 1. The molecule has 0 aliphatic carbocycles. The highest BCUT2D eigenvalue weighted by Crippen LogP contribution is 2.41. The van der Waals surface area contributed by atoms with E-state index >= 15 is 0 Å². The van der Waals surface area contributed by atoms with Crippen molar-refractivity contribution in [3.63, 3.8) is 0 Å². The highest BCUT2D eigenvalue weighted by Gasteiger charge is 2.54. The van der Waals surface area contributed by atoms with Crippen LogP contribution < -0.4 is 20.9 Å². The van der Waals surface area contributed by atoms with E-state index in [4.69, 9.17) is 10.8 Å². The number of thiazole rings is 1. The number of anilines is 1. The smallest absolute Gasteiger partial charge is 0.352 e. The van der Waals surface area contributed by atoms with Crippen LogP contribution in [0.25, 0.3) is 0 Å². The second-order valence-electron chi connectivity index (χ2n) is 10.2. The SMILES string of the molecule is Nc1nc(/C(=N/O)C(=O)N[C@@H]2C(=O)N3C(C(=O)O)=C(/C=C4\CCN(Cc5cc[n+](CC(=O)NCCO)cc5)C4=O)CS[C@H]23)cs1. The fourth-order valence-electron chi connectivity index (χ4n) is 5.07. The van der Waals surface area contributed by atoms with E-state index in [0.29, 0.717) is 30.7 Å². The molecule has 16 nitrogen and oxygen atoms in total. The van der Waals surface area contributed by atoms with Crippen LogP contribution in [-0.2, 0) is 37.1 Å². The Balaban J connectivity index is 1.24. The number of β-lactam (4-membered cyclic amide) rings is 1. The van der Waals surface area contributed by atoms with E-state index in [9.17, 15) is 34.3 Å². The lowest BCUT2D eigenvalue weighted by Gasteiger charge is -2.49. The van der Waals surface area contributed by atoms with Crippen molar-refractivity contribution < 1.29 is 44.0 Å². The Bertz CT molecular complexity index is 1640. The highest BCUT2D eigenvalue weighted by molar-refractivity contribution is 8.00. The minimum absolute atomic E-state index is 0.0305. The van der Waals surface area contributed by atoms with Gasteiger partial charge in [-0.2, -0.15) is 4.57 Å². The van der Waals surface area contributed by atoms with Crippen molar-refractivity contribution in [1.29, 1.82) is 0 Å². The first-order valence-electron chi connectivity index (χ1n) is 13.6. The van der Waals surface area contributed by atoms with Gasteiger partial charge in [0.05, 0.1) is 6.61 Å². The van der Waals surface area contributed by atoms with E-state index in [1.807, 2.05) is 0 Å². The number of fused-ring (bicyclic) bond motifs is 1. The lowest BCUT2D eigenvalue weighted by Crippen LogP contribution is -2.71. The Morgan fingerprint density at radius 3 is 2.64 bits per heavy atom. The van der Waals surface area contributed by atoms with Gasteiger partial charge in [0.15, 0.2) is 23.2 Å². The van der Waals surface area contributed by atoms with Crippen molar-refractivity contribution in [1.82, 2.24) is 25.4 Å². The van der Waals surface area contributed by atoms with Crippen LogP contribution in [-0.4, -0.2) is 102 Å². The number of pyridine rings is 1. The Morgan fingerprint density at radius 2 is 2.00 bits per heavy atom. The van der Waals surface area contributed by atoms with Gasteiger partial charge in [0.25, 0.3) is 17.7 Å². The summed E-state index contributed by atoms with van der Waals surface area (Å²) < 4.78 is 1.67. The minimum Gasteiger partial charge on any atom is -0.477 e. The number of rotatable bonds is 11. The highest BCUT2D eigenvalue weighted by atomic mass is 32.2. The number of carbonyl (C=O) groups excluding carboxylic acids is 4. The van der Waals surface area contributed by atoms with Crippen molar-refractivity contribution in [2.45, 2.75) is 30.9 Å². The zero-order valence-electron chi connectivity index (χ0n) is 23.6. The molecule has 236 valence electrons. The largest absolute Gasteiger partial charge is 0.477 e. The van der Waals surface area contributed by atoms with Crippen LogP contribution in [0.3, 0.4) is 0 Å². The minimum atomic E-state index is -1.34. The second-order valence-corrected chi connectivity index (χ2v) is 12.2. The predicted molar refractivity (Wildman–Crippen MR) is 159 cm³/mol. The van der Waals surface area contributed by atoms with Gasteiger partial charge in [-0.3, -0.25) is 24.1 Å². The molecule has 2 fully saturated rings. The monoisotopic (exact) mass is 657 g/mol. The number of thioether (sulfide) groups is 1. The van der Waals surface area contributed by atoms with Crippen molar-refractivity contribution in [2.75, 3.05) is 31.2 Å². The van der Waals surface area contributed by atoms with E-state index in [1.54, 1.807) is 34.0 Å². The zero-order chi connectivity index (χ0) is 32.2. The number of carbonyl (C=O) groups is 5. The van der Waals surface area contributed by atoms with Crippen molar-refractivity contribution >= 4 is 63.5 Å². The molecule has 2 atom stereocenters. The number of carboxylic acid groups (broad SMARTS) is 1. The average Bonchev–Trinajstić information content (AvgIpc) is 3.60. The maximum absolute atomic E-state index is 13.2. The van der Waals surface area contributed by atoms with E-state index < -0.39 is 34.9 Å². The number of aromatic nitrogens is 2. The summed E-state index contributed by atoms with van der Waals surface area (Å²) in [6.45, 7) is 0.852. The maximum Gasteiger partial charge on any atom is 0.352 e. The standard InChI is InChI=1S/C27H28N8O8S2/c28-27-30-17(13-45-27)19(32-43)22(38)31-20-24(40)35-21(26(41)42)16(12-44-25(20)35)9-15-3-7-34(23(15)39)10-14-1-5-33(6-2-14)11-18(37)29-4-8-36/h1-2,5-6,9,13,20,25,36H,3-4,7-8,10-12H2,(H5-,28,29,30,31,37,38,41,42,43)/p+1/b15-9+/t20-,25-/m1/s1. The van der Waals surface area contributed by atoms with Crippen molar-refractivity contribution in [2.24, 2.45) is 5.16 Å². The summed E-state index contributed by atoms with van der Waals surface area (Å²) in [4.78, 5) is 69.8. The molecule has 0 unspecified atom stereocenters.